The van der Waals surface area contributed by atoms with Crippen LogP contribution in [0.25, 0.3) is 11.1 Å². The van der Waals surface area contributed by atoms with Crippen LogP contribution in [0.4, 0.5) is 11.5 Å². The van der Waals surface area contributed by atoms with E-state index < -0.39 is 0 Å². The zero-order valence-corrected chi connectivity index (χ0v) is 19.9. The molecule has 34 heavy (non-hydrogen) atoms. The summed E-state index contributed by atoms with van der Waals surface area (Å²) in [6.45, 7) is 3.74. The number of benzene rings is 2. The topological polar surface area (TPSA) is 71.5 Å². The molecule has 6 nitrogen and oxygen atoms in total. The van der Waals surface area contributed by atoms with Gasteiger partial charge in [-0.1, -0.05) is 48.0 Å². The van der Waals surface area contributed by atoms with E-state index in [-0.39, 0.29) is 11.9 Å². The maximum absolute atomic E-state index is 13.0. The van der Waals surface area contributed by atoms with Gasteiger partial charge in [-0.15, -0.1) is 0 Å². The third kappa shape index (κ3) is 5.94. The van der Waals surface area contributed by atoms with Crippen molar-refractivity contribution in [2.45, 2.75) is 26.2 Å². The van der Waals surface area contributed by atoms with Crippen LogP contribution in [-0.4, -0.2) is 36.6 Å². The number of rotatable bonds is 7. The summed E-state index contributed by atoms with van der Waals surface area (Å²) in [5, 5.41) is 3.55. The van der Waals surface area contributed by atoms with E-state index in [2.05, 4.69) is 10.2 Å². The van der Waals surface area contributed by atoms with Crippen LogP contribution in [0.2, 0.25) is 5.02 Å². The highest BCUT2D eigenvalue weighted by Gasteiger charge is 2.25. The minimum absolute atomic E-state index is 0.138. The van der Waals surface area contributed by atoms with Crippen LogP contribution in [0.5, 0.6) is 0 Å². The first-order chi connectivity index (χ1) is 16.5. The largest absolute Gasteiger partial charge is 0.466 e. The van der Waals surface area contributed by atoms with Gasteiger partial charge < -0.3 is 15.0 Å². The summed E-state index contributed by atoms with van der Waals surface area (Å²) in [4.78, 5) is 31.8. The summed E-state index contributed by atoms with van der Waals surface area (Å²) in [6, 6.07) is 18.8. The highest BCUT2D eigenvalue weighted by molar-refractivity contribution is 6.31. The van der Waals surface area contributed by atoms with E-state index in [9.17, 15) is 9.59 Å². The van der Waals surface area contributed by atoms with Gasteiger partial charge in [-0.05, 0) is 55.5 Å². The minimum atomic E-state index is -0.243. The molecule has 2 aromatic carbocycles. The molecule has 0 aliphatic carbocycles. The van der Waals surface area contributed by atoms with Gasteiger partial charge in [0.15, 0.2) is 5.82 Å². The van der Waals surface area contributed by atoms with Crippen LogP contribution in [0.1, 0.15) is 36.5 Å². The molecule has 1 saturated heterocycles. The van der Waals surface area contributed by atoms with Crippen molar-refractivity contribution in [3.8, 4) is 11.1 Å². The lowest BCUT2D eigenvalue weighted by molar-refractivity contribution is -0.144. The number of piperidine rings is 1. The highest BCUT2D eigenvalue weighted by atomic mass is 35.5. The second-order valence-corrected chi connectivity index (χ2v) is 8.80. The van der Waals surface area contributed by atoms with E-state index in [4.69, 9.17) is 21.3 Å². The van der Waals surface area contributed by atoms with E-state index in [1.807, 2.05) is 49.5 Å². The lowest BCUT2D eigenvalue weighted by atomic mass is 9.93. The van der Waals surface area contributed by atoms with Crippen molar-refractivity contribution >= 4 is 35.0 Å². The molecule has 3 aromatic rings. The third-order valence-corrected chi connectivity index (χ3v) is 6.22. The lowest BCUT2D eigenvalue weighted by Gasteiger charge is -2.33. The zero-order chi connectivity index (χ0) is 23.9. The molecular weight excluding hydrogens is 450 g/mol. The van der Waals surface area contributed by atoms with Gasteiger partial charge in [0, 0.05) is 41.9 Å². The second kappa shape index (κ2) is 11.2. The monoisotopic (exact) mass is 477 g/mol. The molecule has 0 bridgehead atoms. The second-order valence-electron chi connectivity index (χ2n) is 8.37. The molecule has 2 heterocycles. The number of nitrogens with one attached hydrogen (secondary N) is 1. The van der Waals surface area contributed by atoms with Crippen molar-refractivity contribution < 1.29 is 14.3 Å². The molecule has 1 fully saturated rings. The van der Waals surface area contributed by atoms with Crippen molar-refractivity contribution in [2.24, 2.45) is 5.92 Å². The Morgan fingerprint density at radius 3 is 2.53 bits per heavy atom. The molecule has 0 spiro atoms. The van der Waals surface area contributed by atoms with Crippen LogP contribution in [0, 0.1) is 5.92 Å². The number of carbonyl (C=O) groups is 2. The Hall–Kier alpha value is -3.38. The molecule has 1 aliphatic heterocycles. The Morgan fingerprint density at radius 2 is 1.82 bits per heavy atom. The molecule has 4 rings (SSSR count). The van der Waals surface area contributed by atoms with Crippen LogP contribution < -0.4 is 10.2 Å². The zero-order valence-electron chi connectivity index (χ0n) is 19.2. The van der Waals surface area contributed by atoms with Crippen molar-refractivity contribution in [3.63, 3.8) is 0 Å². The smallest absolute Gasteiger partial charge is 0.306 e. The molecule has 1 amide bonds. The average molecular weight is 478 g/mol. The summed E-state index contributed by atoms with van der Waals surface area (Å²) in [5.74, 6) is 0.641. The molecule has 1 N–H and O–H groups in total. The first kappa shape index (κ1) is 23.8. The standard InChI is InChI=1S/C27H28ClN3O3/c1-2-34-25(32)15-19-11-13-31(14-12-19)26-24(30-27(33)21-9-6-10-23(28)16-21)17-22(18-29-26)20-7-4-3-5-8-20/h3-10,16-19H,2,11-15H2,1H3,(H,30,33). The van der Waals surface area contributed by atoms with E-state index in [1.54, 1.807) is 24.3 Å². The summed E-state index contributed by atoms with van der Waals surface area (Å²) < 4.78 is 5.10. The van der Waals surface area contributed by atoms with Gasteiger partial charge in [0.2, 0.25) is 0 Å². The Bertz CT molecular complexity index is 1140. The van der Waals surface area contributed by atoms with Gasteiger partial charge in [0.25, 0.3) is 5.91 Å². The number of hydrogen-bond acceptors (Lipinski definition) is 5. The number of aromatic nitrogens is 1. The number of anilines is 2. The lowest BCUT2D eigenvalue weighted by Crippen LogP contribution is -2.35. The van der Waals surface area contributed by atoms with Gasteiger partial charge in [-0.3, -0.25) is 9.59 Å². The number of nitrogens with zero attached hydrogens (tertiary/aromatic N) is 2. The van der Waals surface area contributed by atoms with Crippen molar-refractivity contribution in [2.75, 3.05) is 29.9 Å². The van der Waals surface area contributed by atoms with Crippen LogP contribution in [0.3, 0.4) is 0 Å². The van der Waals surface area contributed by atoms with E-state index in [0.29, 0.717) is 35.2 Å². The summed E-state index contributed by atoms with van der Waals surface area (Å²) in [5.41, 5.74) is 3.07. The molecular formula is C27H28ClN3O3. The number of pyridine rings is 1. The van der Waals surface area contributed by atoms with Crippen molar-refractivity contribution in [1.29, 1.82) is 0 Å². The Kier molecular flexibility index (Phi) is 7.80. The summed E-state index contributed by atoms with van der Waals surface area (Å²) in [6.07, 6.45) is 4.01. The number of carbonyl (C=O) groups excluding carboxylic acids is 2. The van der Waals surface area contributed by atoms with Crippen molar-refractivity contribution in [1.82, 2.24) is 4.98 Å². The van der Waals surface area contributed by atoms with Crippen molar-refractivity contribution in [3.05, 3.63) is 77.4 Å². The summed E-state index contributed by atoms with van der Waals surface area (Å²) >= 11 is 6.09. The molecule has 0 atom stereocenters. The molecule has 7 heteroatoms. The van der Waals surface area contributed by atoms with Gasteiger partial charge in [-0.25, -0.2) is 4.98 Å². The van der Waals surface area contributed by atoms with Gasteiger partial charge >= 0.3 is 5.97 Å². The van der Waals surface area contributed by atoms with Gasteiger partial charge in [0.05, 0.1) is 12.3 Å². The Morgan fingerprint density at radius 1 is 1.06 bits per heavy atom. The quantitative estimate of drug-likeness (QED) is 0.434. The number of ether oxygens (including phenoxy) is 1. The number of esters is 1. The molecule has 176 valence electrons. The highest BCUT2D eigenvalue weighted by Crippen LogP contribution is 2.33. The van der Waals surface area contributed by atoms with E-state index in [1.165, 1.54) is 0 Å². The molecule has 1 aliphatic rings. The summed E-state index contributed by atoms with van der Waals surface area (Å²) in [7, 11) is 0. The molecule has 1 aromatic heterocycles. The fraction of sp³-hybridized carbons (Fsp3) is 0.296. The van der Waals surface area contributed by atoms with E-state index in [0.717, 1.165) is 42.9 Å². The predicted molar refractivity (Wildman–Crippen MR) is 135 cm³/mol. The Balaban J connectivity index is 1.56. The number of hydrogen-bond donors (Lipinski definition) is 1. The molecule has 0 unspecified atom stereocenters. The fourth-order valence-corrected chi connectivity index (χ4v) is 4.41. The minimum Gasteiger partial charge on any atom is -0.466 e. The van der Waals surface area contributed by atoms with E-state index >= 15 is 0 Å². The SMILES string of the molecule is CCOC(=O)CC1CCN(c2ncc(-c3ccccc3)cc2NC(=O)c2cccc(Cl)c2)CC1. The first-order valence-corrected chi connectivity index (χ1v) is 11.9. The normalized spacial score (nSPS) is 14.0. The van der Waals surface area contributed by atoms with Crippen LogP contribution in [0.15, 0.2) is 66.9 Å². The number of halogens is 1. The third-order valence-electron chi connectivity index (χ3n) is 5.98. The molecule has 0 radical (unpaired) electrons. The maximum Gasteiger partial charge on any atom is 0.306 e. The first-order valence-electron chi connectivity index (χ1n) is 11.6. The number of amides is 1. The molecule has 0 saturated carbocycles. The average Bonchev–Trinajstić information content (AvgIpc) is 2.85. The van der Waals surface area contributed by atoms with Crippen LogP contribution >= 0.6 is 11.6 Å². The van der Waals surface area contributed by atoms with Gasteiger partial charge in [0.1, 0.15) is 0 Å². The van der Waals surface area contributed by atoms with Gasteiger partial charge in [-0.2, -0.15) is 0 Å². The predicted octanol–water partition coefficient (Wildman–Crippen LogP) is 5.82. The Labute approximate surface area is 204 Å². The fourth-order valence-electron chi connectivity index (χ4n) is 4.22. The maximum atomic E-state index is 13.0. The van der Waals surface area contributed by atoms with Crippen LogP contribution in [-0.2, 0) is 9.53 Å².